The lowest BCUT2D eigenvalue weighted by atomic mass is 9.99. The van der Waals surface area contributed by atoms with Gasteiger partial charge < -0.3 is 14.7 Å². The van der Waals surface area contributed by atoms with Crippen LogP contribution >= 0.6 is 0 Å². The Morgan fingerprint density at radius 3 is 2.93 bits per heavy atom. The molecule has 4 heteroatoms. The van der Waals surface area contributed by atoms with Crippen molar-refractivity contribution in [2.24, 2.45) is 0 Å². The van der Waals surface area contributed by atoms with Crippen molar-refractivity contribution >= 4 is 5.91 Å². The summed E-state index contributed by atoms with van der Waals surface area (Å²) >= 11 is 0. The standard InChI is InChI=1S/C11H19NO3/c1-11(5-3-7-15-11)10(14)12-6-2-4-9(13)8-12/h9,13H,2-8H2,1H3/t9-,11?/m0/s1. The first-order chi connectivity index (χ1) is 7.12. The van der Waals surface area contributed by atoms with E-state index in [1.807, 2.05) is 6.92 Å². The summed E-state index contributed by atoms with van der Waals surface area (Å²) in [5.74, 6) is 0.0544. The second kappa shape index (κ2) is 4.10. The van der Waals surface area contributed by atoms with Crippen molar-refractivity contribution in [3.05, 3.63) is 0 Å². The predicted molar refractivity (Wildman–Crippen MR) is 55.4 cm³/mol. The largest absolute Gasteiger partial charge is 0.391 e. The predicted octanol–water partition coefficient (Wildman–Crippen LogP) is 0.539. The SMILES string of the molecule is CC1(C(=O)N2CCC[C@H](O)C2)CCCO1. The van der Waals surface area contributed by atoms with Crippen LogP contribution < -0.4 is 0 Å². The number of aliphatic hydroxyl groups excluding tert-OH is 1. The molecule has 2 rings (SSSR count). The van der Waals surface area contributed by atoms with E-state index in [1.165, 1.54) is 0 Å². The summed E-state index contributed by atoms with van der Waals surface area (Å²) in [6.45, 7) is 3.77. The van der Waals surface area contributed by atoms with Gasteiger partial charge in [-0.25, -0.2) is 0 Å². The van der Waals surface area contributed by atoms with Crippen LogP contribution in [0.2, 0.25) is 0 Å². The number of hydrogen-bond donors (Lipinski definition) is 1. The van der Waals surface area contributed by atoms with Crippen LogP contribution in [-0.4, -0.2) is 47.3 Å². The highest BCUT2D eigenvalue weighted by atomic mass is 16.5. The Balaban J connectivity index is 2.00. The van der Waals surface area contributed by atoms with Crippen LogP contribution in [0.3, 0.4) is 0 Å². The lowest BCUT2D eigenvalue weighted by molar-refractivity contribution is -0.154. The van der Waals surface area contributed by atoms with Crippen molar-refractivity contribution in [1.82, 2.24) is 4.90 Å². The number of β-amino-alcohol motifs (C(OH)–C–C–N with tert-alkyl or cyclic N) is 1. The maximum atomic E-state index is 12.2. The summed E-state index contributed by atoms with van der Waals surface area (Å²) in [6, 6.07) is 0. The van der Waals surface area contributed by atoms with Crippen LogP contribution in [-0.2, 0) is 9.53 Å². The smallest absolute Gasteiger partial charge is 0.254 e. The van der Waals surface area contributed by atoms with Gasteiger partial charge in [0, 0.05) is 19.7 Å². The number of aliphatic hydroxyl groups is 1. The van der Waals surface area contributed by atoms with Crippen molar-refractivity contribution in [2.45, 2.75) is 44.3 Å². The number of rotatable bonds is 1. The molecule has 4 nitrogen and oxygen atoms in total. The van der Waals surface area contributed by atoms with Gasteiger partial charge in [-0.1, -0.05) is 0 Å². The minimum atomic E-state index is -0.628. The molecule has 2 heterocycles. The minimum absolute atomic E-state index is 0.0544. The second-order valence-electron chi connectivity index (χ2n) is 4.73. The molecule has 2 saturated heterocycles. The van der Waals surface area contributed by atoms with E-state index in [4.69, 9.17) is 4.74 Å². The average molecular weight is 213 g/mol. The van der Waals surface area contributed by atoms with Crippen molar-refractivity contribution in [1.29, 1.82) is 0 Å². The van der Waals surface area contributed by atoms with Gasteiger partial charge in [0.2, 0.25) is 0 Å². The van der Waals surface area contributed by atoms with Gasteiger partial charge in [-0.05, 0) is 32.6 Å². The highest BCUT2D eigenvalue weighted by molar-refractivity contribution is 5.85. The van der Waals surface area contributed by atoms with E-state index >= 15 is 0 Å². The minimum Gasteiger partial charge on any atom is -0.391 e. The van der Waals surface area contributed by atoms with Gasteiger partial charge in [0.1, 0.15) is 5.60 Å². The Kier molecular flexibility index (Phi) is 2.98. The van der Waals surface area contributed by atoms with E-state index in [-0.39, 0.29) is 12.0 Å². The van der Waals surface area contributed by atoms with Crippen molar-refractivity contribution in [2.75, 3.05) is 19.7 Å². The van der Waals surface area contributed by atoms with Gasteiger partial charge in [0.15, 0.2) is 0 Å². The molecule has 0 aromatic rings. The lowest BCUT2D eigenvalue weighted by Gasteiger charge is -2.35. The van der Waals surface area contributed by atoms with Crippen molar-refractivity contribution in [3.8, 4) is 0 Å². The number of amides is 1. The van der Waals surface area contributed by atoms with Crippen LogP contribution in [0.15, 0.2) is 0 Å². The maximum absolute atomic E-state index is 12.2. The van der Waals surface area contributed by atoms with Crippen LogP contribution in [0.25, 0.3) is 0 Å². The fourth-order valence-electron chi connectivity index (χ4n) is 2.42. The number of likely N-dealkylation sites (tertiary alicyclic amines) is 1. The summed E-state index contributed by atoms with van der Waals surface area (Å²) in [4.78, 5) is 13.9. The zero-order chi connectivity index (χ0) is 10.9. The molecule has 2 atom stereocenters. The molecule has 2 fully saturated rings. The summed E-state index contributed by atoms with van der Waals surface area (Å²) < 4.78 is 5.52. The van der Waals surface area contributed by atoms with Gasteiger partial charge in [0.05, 0.1) is 6.10 Å². The van der Waals surface area contributed by atoms with Gasteiger partial charge in [-0.2, -0.15) is 0 Å². The molecule has 0 radical (unpaired) electrons. The van der Waals surface area contributed by atoms with E-state index < -0.39 is 5.60 Å². The molecule has 0 aromatic carbocycles. The molecule has 0 spiro atoms. The lowest BCUT2D eigenvalue weighted by Crippen LogP contribution is -2.51. The third-order valence-electron chi connectivity index (χ3n) is 3.35. The quantitative estimate of drug-likeness (QED) is 0.691. The molecule has 1 N–H and O–H groups in total. The average Bonchev–Trinajstić information content (AvgIpc) is 2.65. The van der Waals surface area contributed by atoms with E-state index in [0.29, 0.717) is 13.2 Å². The molecule has 0 saturated carbocycles. The molecule has 1 unspecified atom stereocenters. The third kappa shape index (κ3) is 2.16. The first-order valence-electron chi connectivity index (χ1n) is 5.73. The molecule has 2 aliphatic rings. The molecular formula is C11H19NO3. The molecule has 15 heavy (non-hydrogen) atoms. The number of carbonyl (C=O) groups is 1. The number of piperidine rings is 1. The Morgan fingerprint density at radius 1 is 1.53 bits per heavy atom. The highest BCUT2D eigenvalue weighted by Crippen LogP contribution is 2.28. The topological polar surface area (TPSA) is 49.8 Å². The van der Waals surface area contributed by atoms with E-state index in [2.05, 4.69) is 0 Å². The first-order valence-corrected chi connectivity index (χ1v) is 5.73. The van der Waals surface area contributed by atoms with Gasteiger partial charge in [-0.15, -0.1) is 0 Å². The first kappa shape index (κ1) is 10.9. The Bertz CT molecular complexity index is 248. The van der Waals surface area contributed by atoms with E-state index in [0.717, 1.165) is 32.2 Å². The molecule has 0 aromatic heterocycles. The monoisotopic (exact) mass is 213 g/mol. The molecule has 1 amide bonds. The van der Waals surface area contributed by atoms with Crippen LogP contribution in [0.4, 0.5) is 0 Å². The Hall–Kier alpha value is -0.610. The van der Waals surface area contributed by atoms with Gasteiger partial charge in [0.25, 0.3) is 5.91 Å². The zero-order valence-electron chi connectivity index (χ0n) is 9.24. The molecule has 0 bridgehead atoms. The number of ether oxygens (including phenoxy) is 1. The van der Waals surface area contributed by atoms with Gasteiger partial charge >= 0.3 is 0 Å². The van der Waals surface area contributed by atoms with E-state index in [9.17, 15) is 9.90 Å². The Labute approximate surface area is 90.2 Å². The van der Waals surface area contributed by atoms with Gasteiger partial charge in [-0.3, -0.25) is 4.79 Å². The van der Waals surface area contributed by atoms with Crippen LogP contribution in [0.5, 0.6) is 0 Å². The van der Waals surface area contributed by atoms with Crippen LogP contribution in [0.1, 0.15) is 32.6 Å². The summed E-state index contributed by atoms with van der Waals surface area (Å²) in [6.07, 6.45) is 3.11. The number of hydrogen-bond acceptors (Lipinski definition) is 3. The fraction of sp³-hybridized carbons (Fsp3) is 0.909. The highest BCUT2D eigenvalue weighted by Gasteiger charge is 2.41. The normalized spacial score (nSPS) is 36.9. The molecular weight excluding hydrogens is 194 g/mol. The maximum Gasteiger partial charge on any atom is 0.254 e. The summed E-state index contributed by atoms with van der Waals surface area (Å²) in [5, 5.41) is 9.52. The molecule has 0 aliphatic carbocycles. The third-order valence-corrected chi connectivity index (χ3v) is 3.35. The Morgan fingerprint density at radius 2 is 2.33 bits per heavy atom. The van der Waals surface area contributed by atoms with Crippen LogP contribution in [0, 0.1) is 0 Å². The van der Waals surface area contributed by atoms with Crippen molar-refractivity contribution < 1.29 is 14.6 Å². The fourth-order valence-corrected chi connectivity index (χ4v) is 2.42. The summed E-state index contributed by atoms with van der Waals surface area (Å²) in [7, 11) is 0. The second-order valence-corrected chi connectivity index (χ2v) is 4.73. The number of nitrogens with zero attached hydrogens (tertiary/aromatic N) is 1. The molecule has 2 aliphatic heterocycles. The zero-order valence-corrected chi connectivity index (χ0v) is 9.24. The number of carbonyl (C=O) groups excluding carboxylic acids is 1. The summed E-state index contributed by atoms with van der Waals surface area (Å²) in [5.41, 5.74) is -0.628. The molecule has 86 valence electrons. The van der Waals surface area contributed by atoms with Crippen molar-refractivity contribution in [3.63, 3.8) is 0 Å². The van der Waals surface area contributed by atoms with E-state index in [1.54, 1.807) is 4.90 Å².